The molecule has 0 spiro atoms. The zero-order chi connectivity index (χ0) is 15.7. The van der Waals surface area contributed by atoms with Crippen LogP contribution in [0.25, 0.3) is 5.65 Å². The molecule has 0 saturated carbocycles. The molecule has 0 atom stereocenters. The van der Waals surface area contributed by atoms with E-state index in [1.807, 2.05) is 6.92 Å². The van der Waals surface area contributed by atoms with E-state index in [0.29, 0.717) is 34.2 Å². The molecule has 1 aromatic carbocycles. The summed E-state index contributed by atoms with van der Waals surface area (Å²) in [6.45, 7) is 1.95. The van der Waals surface area contributed by atoms with Gasteiger partial charge in [0, 0.05) is 11.9 Å². The van der Waals surface area contributed by atoms with Gasteiger partial charge in [-0.05, 0) is 42.8 Å². The summed E-state index contributed by atoms with van der Waals surface area (Å²) in [6.07, 6.45) is 2.31. The molecule has 0 fully saturated rings. The molecule has 0 aliphatic rings. The zero-order valence-corrected chi connectivity index (χ0v) is 12.6. The molecule has 0 aliphatic heterocycles. The van der Waals surface area contributed by atoms with Crippen LogP contribution in [-0.2, 0) is 6.42 Å². The predicted octanol–water partition coefficient (Wildman–Crippen LogP) is 3.51. The van der Waals surface area contributed by atoms with Gasteiger partial charge in [-0.1, -0.05) is 18.5 Å². The van der Waals surface area contributed by atoms with Gasteiger partial charge in [0.1, 0.15) is 17.1 Å². The van der Waals surface area contributed by atoms with Crippen LogP contribution in [0.1, 0.15) is 23.1 Å². The molecular weight excluding hydrogens is 302 g/mol. The maximum absolute atomic E-state index is 12.6. The number of anilines is 1. The van der Waals surface area contributed by atoms with E-state index >= 15 is 0 Å². The lowest BCUT2D eigenvalue weighted by Gasteiger charge is -2.07. The number of phenols is 1. The van der Waals surface area contributed by atoms with Crippen molar-refractivity contribution in [3.8, 4) is 5.75 Å². The number of hydrogen-bond donors (Lipinski definition) is 2. The molecule has 5 nitrogen and oxygen atoms in total. The number of aromatic nitrogens is 2. The lowest BCUT2D eigenvalue weighted by molar-refractivity contribution is 0.102. The first-order valence-electron chi connectivity index (χ1n) is 6.85. The number of aryl methyl sites for hydroxylation is 1. The largest absolute Gasteiger partial charge is 0.508 e. The second kappa shape index (κ2) is 5.69. The third-order valence-electron chi connectivity index (χ3n) is 3.33. The van der Waals surface area contributed by atoms with Crippen LogP contribution in [0.4, 0.5) is 5.69 Å². The Morgan fingerprint density at radius 1 is 1.27 bits per heavy atom. The Morgan fingerprint density at radius 2 is 2.00 bits per heavy atom. The summed E-state index contributed by atoms with van der Waals surface area (Å²) in [5.74, 6) is -0.119. The summed E-state index contributed by atoms with van der Waals surface area (Å²) in [5.41, 5.74) is 2.45. The molecule has 22 heavy (non-hydrogen) atoms. The lowest BCUT2D eigenvalue weighted by Crippen LogP contribution is -2.16. The number of nitrogens with zero attached hydrogens (tertiary/aromatic N) is 2. The molecule has 3 rings (SSSR count). The van der Waals surface area contributed by atoms with Gasteiger partial charge in [-0.2, -0.15) is 0 Å². The molecule has 3 aromatic rings. The van der Waals surface area contributed by atoms with Crippen molar-refractivity contribution < 1.29 is 9.90 Å². The number of imidazole rings is 1. The van der Waals surface area contributed by atoms with Gasteiger partial charge in [-0.15, -0.1) is 0 Å². The summed E-state index contributed by atoms with van der Waals surface area (Å²) in [4.78, 5) is 17.0. The third-order valence-corrected chi connectivity index (χ3v) is 3.55. The van der Waals surface area contributed by atoms with Crippen molar-refractivity contribution in [3.05, 3.63) is 59.0 Å². The van der Waals surface area contributed by atoms with Crippen molar-refractivity contribution in [3.63, 3.8) is 0 Å². The van der Waals surface area contributed by atoms with Gasteiger partial charge >= 0.3 is 0 Å². The number of carbonyl (C=O) groups is 1. The summed E-state index contributed by atoms with van der Waals surface area (Å²) >= 11 is 6.02. The van der Waals surface area contributed by atoms with Gasteiger partial charge in [0.05, 0.1) is 10.7 Å². The Balaban J connectivity index is 2.02. The molecule has 112 valence electrons. The van der Waals surface area contributed by atoms with E-state index in [1.165, 1.54) is 12.1 Å². The average Bonchev–Trinajstić information content (AvgIpc) is 2.87. The summed E-state index contributed by atoms with van der Waals surface area (Å²) in [7, 11) is 0. The Labute approximate surface area is 132 Å². The number of nitrogens with one attached hydrogen (secondary N) is 1. The third kappa shape index (κ3) is 2.63. The van der Waals surface area contributed by atoms with Crippen LogP contribution in [0.2, 0.25) is 5.02 Å². The topological polar surface area (TPSA) is 66.6 Å². The van der Waals surface area contributed by atoms with Crippen LogP contribution in [0.15, 0.2) is 42.6 Å². The lowest BCUT2D eigenvalue weighted by atomic mass is 10.2. The SMILES string of the molecule is CCc1nc2ccc(Cl)cn2c1C(=O)Nc1ccc(O)cc1. The van der Waals surface area contributed by atoms with Crippen molar-refractivity contribution in [2.75, 3.05) is 5.32 Å². The molecule has 1 amide bonds. The highest BCUT2D eigenvalue weighted by Crippen LogP contribution is 2.20. The summed E-state index contributed by atoms with van der Waals surface area (Å²) in [6, 6.07) is 9.82. The number of phenolic OH excluding ortho intramolecular Hbond substituents is 1. The van der Waals surface area contributed by atoms with E-state index in [9.17, 15) is 9.90 Å². The van der Waals surface area contributed by atoms with Crippen LogP contribution >= 0.6 is 11.6 Å². The number of amides is 1. The first kappa shape index (κ1) is 14.4. The van der Waals surface area contributed by atoms with E-state index in [4.69, 9.17) is 11.6 Å². The fraction of sp³-hybridized carbons (Fsp3) is 0.125. The standard InChI is InChI=1S/C16H14ClN3O2/c1-2-13-15(20-9-10(17)3-8-14(20)19-13)16(22)18-11-4-6-12(21)7-5-11/h3-9,21H,2H2,1H3,(H,18,22). The average molecular weight is 316 g/mol. The summed E-state index contributed by atoms with van der Waals surface area (Å²) < 4.78 is 1.69. The van der Waals surface area contributed by atoms with Crippen molar-refractivity contribution in [1.82, 2.24) is 9.38 Å². The van der Waals surface area contributed by atoms with Crippen molar-refractivity contribution >= 4 is 28.8 Å². The van der Waals surface area contributed by atoms with Gasteiger partial charge in [-0.25, -0.2) is 4.98 Å². The second-order valence-electron chi connectivity index (χ2n) is 4.84. The van der Waals surface area contributed by atoms with E-state index < -0.39 is 0 Å². The highest BCUT2D eigenvalue weighted by molar-refractivity contribution is 6.30. The Morgan fingerprint density at radius 3 is 2.68 bits per heavy atom. The van der Waals surface area contributed by atoms with E-state index in [2.05, 4.69) is 10.3 Å². The van der Waals surface area contributed by atoms with Crippen LogP contribution in [0.5, 0.6) is 5.75 Å². The number of benzene rings is 1. The van der Waals surface area contributed by atoms with Crippen LogP contribution < -0.4 is 5.32 Å². The number of fused-ring (bicyclic) bond motifs is 1. The highest BCUT2D eigenvalue weighted by Gasteiger charge is 2.18. The van der Waals surface area contributed by atoms with Gasteiger partial charge in [0.2, 0.25) is 0 Å². The molecule has 0 saturated heterocycles. The van der Waals surface area contributed by atoms with Crippen LogP contribution in [0.3, 0.4) is 0 Å². The van der Waals surface area contributed by atoms with Crippen LogP contribution in [-0.4, -0.2) is 20.4 Å². The van der Waals surface area contributed by atoms with E-state index in [0.717, 1.165) is 0 Å². The maximum atomic E-state index is 12.6. The van der Waals surface area contributed by atoms with Crippen molar-refractivity contribution in [1.29, 1.82) is 0 Å². The Hall–Kier alpha value is -2.53. The number of aromatic hydroxyl groups is 1. The summed E-state index contributed by atoms with van der Waals surface area (Å²) in [5, 5.41) is 12.6. The first-order chi connectivity index (χ1) is 10.6. The molecule has 0 bridgehead atoms. The predicted molar refractivity (Wildman–Crippen MR) is 85.6 cm³/mol. The van der Waals surface area contributed by atoms with Gasteiger partial charge in [0.25, 0.3) is 5.91 Å². The minimum absolute atomic E-state index is 0.147. The monoisotopic (exact) mass is 315 g/mol. The highest BCUT2D eigenvalue weighted by atomic mass is 35.5. The molecule has 2 N–H and O–H groups in total. The van der Waals surface area contributed by atoms with Crippen LogP contribution in [0, 0.1) is 0 Å². The Bertz CT molecular complexity index is 840. The van der Waals surface area contributed by atoms with Gasteiger partial charge in [0.15, 0.2) is 0 Å². The van der Waals surface area contributed by atoms with E-state index in [-0.39, 0.29) is 11.7 Å². The van der Waals surface area contributed by atoms with Gasteiger partial charge in [-0.3, -0.25) is 9.20 Å². The fourth-order valence-corrected chi connectivity index (χ4v) is 2.45. The second-order valence-corrected chi connectivity index (χ2v) is 5.27. The molecule has 0 unspecified atom stereocenters. The molecule has 0 radical (unpaired) electrons. The molecule has 2 heterocycles. The Kier molecular flexibility index (Phi) is 3.73. The smallest absolute Gasteiger partial charge is 0.274 e. The number of carbonyl (C=O) groups excluding carboxylic acids is 1. The number of rotatable bonds is 3. The maximum Gasteiger partial charge on any atom is 0.274 e. The zero-order valence-electron chi connectivity index (χ0n) is 11.9. The van der Waals surface area contributed by atoms with E-state index in [1.54, 1.807) is 34.9 Å². The molecule has 0 aliphatic carbocycles. The number of halogens is 1. The van der Waals surface area contributed by atoms with Gasteiger partial charge < -0.3 is 10.4 Å². The quantitative estimate of drug-likeness (QED) is 0.727. The molecule has 2 aromatic heterocycles. The molecule has 6 heteroatoms. The minimum atomic E-state index is -0.266. The van der Waals surface area contributed by atoms with Crippen molar-refractivity contribution in [2.45, 2.75) is 13.3 Å². The number of pyridine rings is 1. The molecular formula is C16H14ClN3O2. The normalized spacial score (nSPS) is 10.8. The van der Waals surface area contributed by atoms with Crippen molar-refractivity contribution in [2.24, 2.45) is 0 Å². The minimum Gasteiger partial charge on any atom is -0.508 e. The first-order valence-corrected chi connectivity index (χ1v) is 7.23. The number of hydrogen-bond acceptors (Lipinski definition) is 3. The fourth-order valence-electron chi connectivity index (χ4n) is 2.29.